The molecule has 26 heavy (non-hydrogen) atoms. The van der Waals surface area contributed by atoms with Gasteiger partial charge in [-0.25, -0.2) is 0 Å². The van der Waals surface area contributed by atoms with Crippen molar-refractivity contribution in [2.75, 3.05) is 21.3 Å². The van der Waals surface area contributed by atoms with Crippen LogP contribution in [0.4, 0.5) is 5.69 Å². The van der Waals surface area contributed by atoms with E-state index in [1.54, 1.807) is 24.3 Å². The Balaban J connectivity index is 2.02. The molecule has 9 heteroatoms. The van der Waals surface area contributed by atoms with Gasteiger partial charge in [-0.2, -0.15) is 4.98 Å². The quantitative estimate of drug-likeness (QED) is 0.488. The number of aromatic nitrogens is 2. The molecule has 134 valence electrons. The minimum Gasteiger partial charge on any atom is -0.493 e. The molecule has 0 amide bonds. The number of nitro benzene ring substituents is 1. The number of hydrogen-bond acceptors (Lipinski definition) is 8. The first-order valence-corrected chi connectivity index (χ1v) is 7.46. The van der Waals surface area contributed by atoms with Crippen molar-refractivity contribution in [3.63, 3.8) is 0 Å². The van der Waals surface area contributed by atoms with Crippen LogP contribution in [0.5, 0.6) is 17.2 Å². The highest BCUT2D eigenvalue weighted by atomic mass is 16.6. The zero-order chi connectivity index (χ0) is 18.7. The molecular formula is C17H15N3O6. The van der Waals surface area contributed by atoms with E-state index in [1.807, 2.05) is 0 Å². The fourth-order valence-corrected chi connectivity index (χ4v) is 2.42. The number of benzene rings is 2. The summed E-state index contributed by atoms with van der Waals surface area (Å²) in [6.07, 6.45) is 0. The predicted octanol–water partition coefficient (Wildman–Crippen LogP) is 3.34. The molecule has 9 nitrogen and oxygen atoms in total. The Hall–Kier alpha value is -3.62. The monoisotopic (exact) mass is 357 g/mol. The third-order valence-corrected chi connectivity index (χ3v) is 3.65. The first-order valence-electron chi connectivity index (χ1n) is 7.46. The van der Waals surface area contributed by atoms with Gasteiger partial charge < -0.3 is 18.7 Å². The molecular weight excluding hydrogens is 342 g/mol. The van der Waals surface area contributed by atoms with E-state index >= 15 is 0 Å². The Morgan fingerprint density at radius 3 is 2.27 bits per heavy atom. The van der Waals surface area contributed by atoms with Gasteiger partial charge in [0.05, 0.1) is 26.3 Å². The lowest BCUT2D eigenvalue weighted by atomic mass is 10.1. The van der Waals surface area contributed by atoms with E-state index in [0.29, 0.717) is 28.4 Å². The third-order valence-electron chi connectivity index (χ3n) is 3.65. The molecule has 1 aromatic heterocycles. The van der Waals surface area contributed by atoms with Crippen LogP contribution < -0.4 is 14.2 Å². The first-order chi connectivity index (χ1) is 12.6. The van der Waals surface area contributed by atoms with Crippen molar-refractivity contribution < 1.29 is 23.7 Å². The molecule has 0 fully saturated rings. The normalized spacial score (nSPS) is 10.4. The van der Waals surface area contributed by atoms with E-state index in [9.17, 15) is 10.1 Å². The van der Waals surface area contributed by atoms with Gasteiger partial charge in [0.25, 0.3) is 11.6 Å². The molecule has 0 radical (unpaired) electrons. The largest absolute Gasteiger partial charge is 0.493 e. The molecule has 0 aliphatic heterocycles. The van der Waals surface area contributed by atoms with Crippen molar-refractivity contribution in [1.29, 1.82) is 0 Å². The fraction of sp³-hybridized carbons (Fsp3) is 0.176. The average molecular weight is 357 g/mol. The Bertz CT molecular complexity index is 928. The molecule has 0 unspecified atom stereocenters. The number of nitrogens with zero attached hydrogens (tertiary/aromatic N) is 3. The lowest BCUT2D eigenvalue weighted by Gasteiger charge is -2.12. The van der Waals surface area contributed by atoms with Gasteiger partial charge >= 0.3 is 0 Å². The third kappa shape index (κ3) is 3.14. The minimum absolute atomic E-state index is 0.0540. The van der Waals surface area contributed by atoms with Crippen LogP contribution in [-0.4, -0.2) is 36.4 Å². The second-order valence-corrected chi connectivity index (χ2v) is 5.14. The van der Waals surface area contributed by atoms with Crippen LogP contribution in [0.25, 0.3) is 22.8 Å². The van der Waals surface area contributed by atoms with Gasteiger partial charge in [0.2, 0.25) is 11.6 Å². The van der Waals surface area contributed by atoms with Crippen LogP contribution in [0.2, 0.25) is 0 Å². The number of non-ortho nitro benzene ring substituents is 1. The van der Waals surface area contributed by atoms with Gasteiger partial charge in [0.1, 0.15) is 0 Å². The summed E-state index contributed by atoms with van der Waals surface area (Å²) < 4.78 is 21.2. The van der Waals surface area contributed by atoms with Gasteiger partial charge in [-0.1, -0.05) is 17.3 Å². The zero-order valence-electron chi connectivity index (χ0n) is 14.3. The SMILES string of the molecule is COc1cc(-c2nc(-c3cccc([N+](=O)[O-])c3)no2)cc(OC)c1OC. The summed E-state index contributed by atoms with van der Waals surface area (Å²) in [5, 5.41) is 14.8. The molecule has 0 N–H and O–H groups in total. The fourth-order valence-electron chi connectivity index (χ4n) is 2.42. The smallest absolute Gasteiger partial charge is 0.270 e. The van der Waals surface area contributed by atoms with E-state index in [-0.39, 0.29) is 17.4 Å². The maximum Gasteiger partial charge on any atom is 0.270 e. The molecule has 3 rings (SSSR count). The standard InChI is InChI=1S/C17H15N3O6/c1-23-13-8-11(9-14(24-2)15(13)25-3)17-18-16(19-26-17)10-5-4-6-12(7-10)20(21)22/h4-9H,1-3H3. The second-order valence-electron chi connectivity index (χ2n) is 5.14. The lowest BCUT2D eigenvalue weighted by molar-refractivity contribution is -0.384. The summed E-state index contributed by atoms with van der Waals surface area (Å²) in [5.74, 6) is 1.77. The van der Waals surface area contributed by atoms with Crippen LogP contribution >= 0.6 is 0 Å². The average Bonchev–Trinajstić information content (AvgIpc) is 3.17. The summed E-state index contributed by atoms with van der Waals surface area (Å²) in [7, 11) is 4.51. The number of nitro groups is 1. The van der Waals surface area contributed by atoms with E-state index in [1.165, 1.54) is 33.5 Å². The Morgan fingerprint density at radius 1 is 1.00 bits per heavy atom. The number of hydrogen-bond donors (Lipinski definition) is 0. The predicted molar refractivity (Wildman–Crippen MR) is 91.5 cm³/mol. The number of methoxy groups -OCH3 is 3. The molecule has 0 atom stereocenters. The topological polar surface area (TPSA) is 110 Å². The summed E-state index contributed by atoms with van der Waals surface area (Å²) in [6.45, 7) is 0. The molecule has 0 aliphatic rings. The molecule has 0 bridgehead atoms. The van der Waals surface area contributed by atoms with Gasteiger partial charge in [-0.05, 0) is 12.1 Å². The first kappa shape index (κ1) is 17.2. The maximum absolute atomic E-state index is 10.9. The van der Waals surface area contributed by atoms with Gasteiger partial charge in [-0.3, -0.25) is 10.1 Å². The van der Waals surface area contributed by atoms with Crippen LogP contribution in [0, 0.1) is 10.1 Å². The van der Waals surface area contributed by atoms with Gasteiger partial charge in [-0.15, -0.1) is 0 Å². The highest BCUT2D eigenvalue weighted by Crippen LogP contribution is 2.41. The summed E-state index contributed by atoms with van der Waals surface area (Å²) in [4.78, 5) is 14.7. The summed E-state index contributed by atoms with van der Waals surface area (Å²) in [5.41, 5.74) is 0.979. The lowest BCUT2D eigenvalue weighted by Crippen LogP contribution is -1.95. The van der Waals surface area contributed by atoms with Crippen LogP contribution in [-0.2, 0) is 0 Å². The maximum atomic E-state index is 10.9. The van der Waals surface area contributed by atoms with E-state index < -0.39 is 4.92 Å². The van der Waals surface area contributed by atoms with Gasteiger partial charge in [0, 0.05) is 23.3 Å². The number of rotatable bonds is 6. The Labute approximate surface area is 148 Å². The molecule has 1 heterocycles. The zero-order valence-corrected chi connectivity index (χ0v) is 14.3. The summed E-state index contributed by atoms with van der Waals surface area (Å²) in [6, 6.07) is 9.34. The molecule has 0 spiro atoms. The highest BCUT2D eigenvalue weighted by Gasteiger charge is 2.18. The highest BCUT2D eigenvalue weighted by molar-refractivity contribution is 5.67. The van der Waals surface area contributed by atoms with Crippen molar-refractivity contribution in [1.82, 2.24) is 10.1 Å². The van der Waals surface area contributed by atoms with Crippen molar-refractivity contribution in [3.8, 4) is 40.1 Å². The summed E-state index contributed by atoms with van der Waals surface area (Å²) >= 11 is 0. The molecule has 0 saturated carbocycles. The van der Waals surface area contributed by atoms with Crippen LogP contribution in [0.3, 0.4) is 0 Å². The van der Waals surface area contributed by atoms with E-state index in [4.69, 9.17) is 18.7 Å². The second kappa shape index (κ2) is 7.09. The van der Waals surface area contributed by atoms with E-state index in [0.717, 1.165) is 0 Å². The van der Waals surface area contributed by atoms with Gasteiger partial charge in [0.15, 0.2) is 11.5 Å². The minimum atomic E-state index is -0.482. The van der Waals surface area contributed by atoms with Crippen LogP contribution in [0.15, 0.2) is 40.9 Å². The number of ether oxygens (including phenoxy) is 3. The van der Waals surface area contributed by atoms with Crippen LogP contribution in [0.1, 0.15) is 0 Å². The Morgan fingerprint density at radius 2 is 1.69 bits per heavy atom. The Kier molecular flexibility index (Phi) is 4.70. The molecule has 2 aromatic carbocycles. The molecule has 0 aliphatic carbocycles. The molecule has 3 aromatic rings. The van der Waals surface area contributed by atoms with Crippen molar-refractivity contribution in [3.05, 3.63) is 46.5 Å². The van der Waals surface area contributed by atoms with Crippen molar-refractivity contribution in [2.45, 2.75) is 0 Å². The van der Waals surface area contributed by atoms with Crippen molar-refractivity contribution >= 4 is 5.69 Å². The van der Waals surface area contributed by atoms with Crippen molar-refractivity contribution in [2.24, 2.45) is 0 Å². The van der Waals surface area contributed by atoms with E-state index in [2.05, 4.69) is 10.1 Å². The molecule has 0 saturated heterocycles.